The highest BCUT2D eigenvalue weighted by molar-refractivity contribution is 6.33. The first-order valence-electron chi connectivity index (χ1n) is 9.47. The van der Waals surface area contributed by atoms with Crippen LogP contribution in [0.25, 0.3) is 5.69 Å². The van der Waals surface area contributed by atoms with E-state index in [0.717, 1.165) is 35.3 Å². The summed E-state index contributed by atoms with van der Waals surface area (Å²) in [6.45, 7) is 3.39. The average molecular weight is 394 g/mol. The molecule has 3 heterocycles. The third kappa shape index (κ3) is 2.87. The Bertz CT molecular complexity index is 1040. The van der Waals surface area contributed by atoms with Gasteiger partial charge in [-0.3, -0.25) is 4.79 Å². The third-order valence-electron chi connectivity index (χ3n) is 5.62. The van der Waals surface area contributed by atoms with Gasteiger partial charge >= 0.3 is 0 Å². The first kappa shape index (κ1) is 17.3. The number of amides is 1. The van der Waals surface area contributed by atoms with Crippen molar-refractivity contribution in [3.05, 3.63) is 76.1 Å². The molecule has 2 aromatic carbocycles. The Balaban J connectivity index is 1.48. The molecule has 142 valence electrons. The Labute approximate surface area is 168 Å². The van der Waals surface area contributed by atoms with Gasteiger partial charge < -0.3 is 9.64 Å². The van der Waals surface area contributed by atoms with Crippen molar-refractivity contribution >= 4 is 17.5 Å². The fourth-order valence-electron chi connectivity index (χ4n) is 3.99. The molecule has 1 saturated heterocycles. The molecule has 0 spiro atoms. The van der Waals surface area contributed by atoms with E-state index in [4.69, 9.17) is 16.3 Å². The summed E-state index contributed by atoms with van der Waals surface area (Å²) in [4.78, 5) is 14.8. The van der Waals surface area contributed by atoms with Crippen LogP contribution in [0.5, 0.6) is 5.75 Å². The SMILES string of the molecule is Cc1c(Cc2ccc(-n3cccn3)cc2)cc2c(c1Cl)O[C@@H]1CCN(C1)C2=O. The second-order valence-electron chi connectivity index (χ2n) is 7.42. The molecule has 0 saturated carbocycles. The van der Waals surface area contributed by atoms with Gasteiger partial charge in [-0.25, -0.2) is 4.68 Å². The van der Waals surface area contributed by atoms with E-state index in [1.807, 2.05) is 47.0 Å². The molecule has 6 heteroatoms. The summed E-state index contributed by atoms with van der Waals surface area (Å²) in [6, 6.07) is 12.1. The summed E-state index contributed by atoms with van der Waals surface area (Å²) in [6.07, 6.45) is 5.29. The fraction of sp³-hybridized carbons (Fsp3) is 0.273. The Kier molecular flexibility index (Phi) is 4.13. The van der Waals surface area contributed by atoms with Crippen LogP contribution in [0.3, 0.4) is 0 Å². The molecule has 2 aliphatic heterocycles. The van der Waals surface area contributed by atoms with Crippen LogP contribution in [0.1, 0.15) is 33.5 Å². The van der Waals surface area contributed by atoms with Crippen LogP contribution in [0.4, 0.5) is 0 Å². The molecule has 2 bridgehead atoms. The zero-order valence-corrected chi connectivity index (χ0v) is 16.3. The van der Waals surface area contributed by atoms with Crippen molar-refractivity contribution in [2.24, 2.45) is 0 Å². The van der Waals surface area contributed by atoms with Crippen molar-refractivity contribution in [3.8, 4) is 11.4 Å². The number of carbonyl (C=O) groups excluding carboxylic acids is 1. The summed E-state index contributed by atoms with van der Waals surface area (Å²) in [5.74, 6) is 0.571. The van der Waals surface area contributed by atoms with Crippen molar-refractivity contribution in [2.45, 2.75) is 25.9 Å². The van der Waals surface area contributed by atoms with Crippen LogP contribution < -0.4 is 4.74 Å². The predicted molar refractivity (Wildman–Crippen MR) is 107 cm³/mol. The lowest BCUT2D eigenvalue weighted by molar-refractivity contribution is 0.0792. The van der Waals surface area contributed by atoms with Crippen molar-refractivity contribution in [2.75, 3.05) is 13.1 Å². The van der Waals surface area contributed by atoms with Crippen LogP contribution in [0, 0.1) is 6.92 Å². The van der Waals surface area contributed by atoms with Gasteiger partial charge in [-0.2, -0.15) is 5.10 Å². The smallest absolute Gasteiger partial charge is 0.257 e. The molecule has 1 fully saturated rings. The first-order valence-corrected chi connectivity index (χ1v) is 9.85. The number of hydrogen-bond donors (Lipinski definition) is 0. The molecule has 3 aromatic rings. The Morgan fingerprint density at radius 2 is 2.11 bits per heavy atom. The first-order chi connectivity index (χ1) is 13.6. The van der Waals surface area contributed by atoms with Crippen molar-refractivity contribution in [3.63, 3.8) is 0 Å². The van der Waals surface area contributed by atoms with Gasteiger partial charge in [0.05, 0.1) is 22.8 Å². The molecule has 1 aromatic heterocycles. The average Bonchev–Trinajstić information content (AvgIpc) is 3.37. The zero-order chi connectivity index (χ0) is 19.3. The van der Waals surface area contributed by atoms with Gasteiger partial charge in [0, 0.05) is 25.4 Å². The third-order valence-corrected chi connectivity index (χ3v) is 6.08. The predicted octanol–water partition coefficient (Wildman–Crippen LogP) is 4.03. The lowest BCUT2D eigenvalue weighted by Crippen LogP contribution is -2.28. The van der Waals surface area contributed by atoms with Gasteiger partial charge in [-0.05, 0) is 54.3 Å². The monoisotopic (exact) mass is 393 g/mol. The highest BCUT2D eigenvalue weighted by atomic mass is 35.5. The van der Waals surface area contributed by atoms with Crippen LogP contribution in [-0.4, -0.2) is 39.8 Å². The number of nitrogens with zero attached hydrogens (tertiary/aromatic N) is 3. The minimum atomic E-state index is 0.0205. The molecule has 2 aliphatic rings. The summed E-state index contributed by atoms with van der Waals surface area (Å²) in [5, 5.41) is 4.81. The summed E-state index contributed by atoms with van der Waals surface area (Å²) in [7, 11) is 0. The van der Waals surface area contributed by atoms with Gasteiger partial charge in [-0.15, -0.1) is 0 Å². The maximum absolute atomic E-state index is 12.9. The molecule has 1 atom stereocenters. The number of ether oxygens (including phenoxy) is 1. The molecule has 5 rings (SSSR count). The maximum Gasteiger partial charge on any atom is 0.257 e. The molecular weight excluding hydrogens is 374 g/mol. The molecule has 1 amide bonds. The van der Waals surface area contributed by atoms with E-state index in [2.05, 4.69) is 17.2 Å². The molecule has 0 radical (unpaired) electrons. The van der Waals surface area contributed by atoms with E-state index >= 15 is 0 Å². The Morgan fingerprint density at radius 3 is 2.86 bits per heavy atom. The van der Waals surface area contributed by atoms with Crippen LogP contribution >= 0.6 is 11.6 Å². The summed E-state index contributed by atoms with van der Waals surface area (Å²) >= 11 is 6.64. The number of halogens is 1. The topological polar surface area (TPSA) is 47.4 Å². The highest BCUT2D eigenvalue weighted by Crippen LogP contribution is 2.39. The molecule has 0 unspecified atom stereocenters. The lowest BCUT2D eigenvalue weighted by atomic mass is 9.96. The van der Waals surface area contributed by atoms with E-state index < -0.39 is 0 Å². The van der Waals surface area contributed by atoms with Gasteiger partial charge in [0.25, 0.3) is 5.91 Å². The summed E-state index contributed by atoms with van der Waals surface area (Å²) in [5.41, 5.74) is 4.77. The van der Waals surface area contributed by atoms with Crippen molar-refractivity contribution in [1.82, 2.24) is 14.7 Å². The molecule has 0 N–H and O–H groups in total. The molecule has 28 heavy (non-hydrogen) atoms. The molecule has 0 aliphatic carbocycles. The second kappa shape index (κ2) is 6.67. The van der Waals surface area contributed by atoms with Gasteiger partial charge in [0.15, 0.2) is 5.75 Å². The maximum atomic E-state index is 12.9. The molecule has 5 nitrogen and oxygen atoms in total. The van der Waals surface area contributed by atoms with Gasteiger partial charge in [0.2, 0.25) is 0 Å². The van der Waals surface area contributed by atoms with Crippen LogP contribution in [0.15, 0.2) is 48.8 Å². The fourth-order valence-corrected chi connectivity index (χ4v) is 4.26. The minimum Gasteiger partial charge on any atom is -0.486 e. The zero-order valence-electron chi connectivity index (χ0n) is 15.6. The highest BCUT2D eigenvalue weighted by Gasteiger charge is 2.36. The second-order valence-corrected chi connectivity index (χ2v) is 7.80. The normalized spacial score (nSPS) is 18.0. The van der Waals surface area contributed by atoms with E-state index in [1.165, 1.54) is 0 Å². The number of carbonyl (C=O) groups is 1. The quantitative estimate of drug-likeness (QED) is 0.675. The van der Waals surface area contributed by atoms with Gasteiger partial charge in [-0.1, -0.05) is 23.7 Å². The van der Waals surface area contributed by atoms with Crippen LogP contribution in [0.2, 0.25) is 5.02 Å². The minimum absolute atomic E-state index is 0.0205. The number of aromatic nitrogens is 2. The standard InChI is InChI=1S/C22H20ClN3O2/c1-14-16(11-15-3-5-17(6-4-15)26-9-2-8-24-26)12-19-21(20(14)23)28-18-7-10-25(13-18)22(19)27/h2-6,8-9,12,18H,7,10-11,13H2,1H3/t18-/m1/s1. The largest absolute Gasteiger partial charge is 0.486 e. The van der Waals surface area contributed by atoms with E-state index in [9.17, 15) is 4.79 Å². The lowest BCUT2D eigenvalue weighted by Gasteiger charge is -2.20. The van der Waals surface area contributed by atoms with E-state index in [-0.39, 0.29) is 12.0 Å². The van der Waals surface area contributed by atoms with E-state index in [1.54, 1.807) is 6.20 Å². The Hall–Kier alpha value is -2.79. The van der Waals surface area contributed by atoms with Gasteiger partial charge in [0.1, 0.15) is 6.10 Å². The number of fused-ring (bicyclic) bond motifs is 3. The van der Waals surface area contributed by atoms with Crippen molar-refractivity contribution in [1.29, 1.82) is 0 Å². The van der Waals surface area contributed by atoms with Crippen molar-refractivity contribution < 1.29 is 9.53 Å². The number of rotatable bonds is 3. The number of hydrogen-bond acceptors (Lipinski definition) is 3. The summed E-state index contributed by atoms with van der Waals surface area (Å²) < 4.78 is 7.92. The van der Waals surface area contributed by atoms with Crippen LogP contribution in [-0.2, 0) is 6.42 Å². The number of benzene rings is 2. The molecular formula is C22H20ClN3O2. The Morgan fingerprint density at radius 1 is 1.29 bits per heavy atom. The van der Waals surface area contributed by atoms with E-state index in [0.29, 0.717) is 29.3 Å².